The largest absolute Gasteiger partial charge is 0.271 e. The second-order valence-electron chi connectivity index (χ2n) is 4.50. The molecule has 0 saturated heterocycles. The Morgan fingerprint density at radius 2 is 2.27 bits per heavy atom. The van der Waals surface area contributed by atoms with E-state index in [4.69, 9.17) is 0 Å². The number of nitrogens with one attached hydrogen (secondary N) is 1. The van der Waals surface area contributed by atoms with Gasteiger partial charge in [-0.2, -0.15) is 19.7 Å². The lowest BCUT2D eigenvalue weighted by Gasteiger charge is -2.12. The molecule has 0 aliphatic heterocycles. The SMILES string of the molecule is CCC(C(=O)NN=Cc1cnn(CC)c1F)n1cc(Br)cn1. The fourth-order valence-corrected chi connectivity index (χ4v) is 2.21. The minimum absolute atomic E-state index is 0.219. The highest BCUT2D eigenvalue weighted by molar-refractivity contribution is 9.10. The van der Waals surface area contributed by atoms with Gasteiger partial charge in [-0.25, -0.2) is 10.1 Å². The molecule has 2 aromatic rings. The Hall–Kier alpha value is -2.03. The number of hydrogen-bond donors (Lipinski definition) is 1. The lowest BCUT2D eigenvalue weighted by molar-refractivity contribution is -0.124. The van der Waals surface area contributed by atoms with Crippen LogP contribution in [0.5, 0.6) is 0 Å². The normalized spacial score (nSPS) is 12.7. The number of nitrogens with zero attached hydrogens (tertiary/aromatic N) is 5. The van der Waals surface area contributed by atoms with Crippen molar-refractivity contribution in [2.75, 3.05) is 0 Å². The van der Waals surface area contributed by atoms with Crippen molar-refractivity contribution in [3.63, 3.8) is 0 Å². The van der Waals surface area contributed by atoms with Gasteiger partial charge in [-0.1, -0.05) is 6.92 Å². The Labute approximate surface area is 135 Å². The molecule has 1 unspecified atom stereocenters. The molecule has 0 spiro atoms. The second-order valence-corrected chi connectivity index (χ2v) is 5.42. The summed E-state index contributed by atoms with van der Waals surface area (Å²) in [6, 6.07) is -0.480. The van der Waals surface area contributed by atoms with Crippen LogP contribution < -0.4 is 5.43 Å². The molecule has 0 aliphatic rings. The molecular weight excluding hydrogens is 355 g/mol. The molecule has 7 nitrogen and oxygen atoms in total. The first-order chi connectivity index (χ1) is 10.6. The molecule has 0 saturated carbocycles. The molecule has 0 aromatic carbocycles. The Bertz CT molecular complexity index is 680. The van der Waals surface area contributed by atoms with Crippen LogP contribution in [0.25, 0.3) is 0 Å². The quantitative estimate of drug-likeness (QED) is 0.624. The molecule has 2 aromatic heterocycles. The van der Waals surface area contributed by atoms with E-state index in [1.807, 2.05) is 6.92 Å². The van der Waals surface area contributed by atoms with E-state index in [1.54, 1.807) is 24.0 Å². The highest BCUT2D eigenvalue weighted by atomic mass is 79.9. The lowest BCUT2D eigenvalue weighted by atomic mass is 10.2. The molecule has 1 amide bonds. The number of amides is 1. The van der Waals surface area contributed by atoms with Crippen LogP contribution in [-0.4, -0.2) is 31.7 Å². The highest BCUT2D eigenvalue weighted by Gasteiger charge is 2.18. The van der Waals surface area contributed by atoms with Crippen molar-refractivity contribution in [2.45, 2.75) is 32.9 Å². The lowest BCUT2D eigenvalue weighted by Crippen LogP contribution is -2.29. The van der Waals surface area contributed by atoms with Crippen LogP contribution >= 0.6 is 15.9 Å². The number of rotatable bonds is 6. The summed E-state index contributed by atoms with van der Waals surface area (Å²) >= 11 is 3.28. The summed E-state index contributed by atoms with van der Waals surface area (Å²) in [6.45, 7) is 4.08. The first kappa shape index (κ1) is 16.3. The number of hydrogen-bond acceptors (Lipinski definition) is 4. The van der Waals surface area contributed by atoms with Gasteiger partial charge in [-0.15, -0.1) is 0 Å². The van der Waals surface area contributed by atoms with Crippen LogP contribution in [0.3, 0.4) is 0 Å². The van der Waals surface area contributed by atoms with Crippen LogP contribution in [0.1, 0.15) is 31.9 Å². The molecule has 118 valence electrons. The third-order valence-corrected chi connectivity index (χ3v) is 3.47. The zero-order chi connectivity index (χ0) is 16.1. The Balaban J connectivity index is 2.01. The van der Waals surface area contributed by atoms with Gasteiger partial charge in [0.05, 0.1) is 28.6 Å². The van der Waals surface area contributed by atoms with Gasteiger partial charge in [0, 0.05) is 12.7 Å². The third kappa shape index (κ3) is 3.59. The maximum atomic E-state index is 13.7. The van der Waals surface area contributed by atoms with Gasteiger partial charge >= 0.3 is 0 Å². The predicted molar refractivity (Wildman–Crippen MR) is 82.9 cm³/mol. The first-order valence-corrected chi connectivity index (χ1v) is 7.60. The smallest absolute Gasteiger partial charge is 0.264 e. The maximum Gasteiger partial charge on any atom is 0.264 e. The van der Waals surface area contributed by atoms with Crippen LogP contribution in [0.15, 0.2) is 28.2 Å². The van der Waals surface area contributed by atoms with E-state index in [1.165, 1.54) is 17.1 Å². The molecule has 0 bridgehead atoms. The maximum absolute atomic E-state index is 13.7. The third-order valence-electron chi connectivity index (χ3n) is 3.06. The Morgan fingerprint density at radius 1 is 1.50 bits per heavy atom. The second kappa shape index (κ2) is 7.30. The number of carbonyl (C=O) groups excluding carboxylic acids is 1. The van der Waals surface area contributed by atoms with Crippen molar-refractivity contribution in [3.8, 4) is 0 Å². The summed E-state index contributed by atoms with van der Waals surface area (Å²) < 4.78 is 17.3. The van der Waals surface area contributed by atoms with Gasteiger partial charge in [0.25, 0.3) is 5.91 Å². The predicted octanol–water partition coefficient (Wildman–Crippen LogP) is 2.10. The van der Waals surface area contributed by atoms with Gasteiger partial charge in [0.2, 0.25) is 5.95 Å². The summed E-state index contributed by atoms with van der Waals surface area (Å²) in [5.41, 5.74) is 2.61. The summed E-state index contributed by atoms with van der Waals surface area (Å²) in [5, 5.41) is 11.7. The number of aryl methyl sites for hydroxylation is 1. The number of halogens is 2. The van der Waals surface area contributed by atoms with Crippen molar-refractivity contribution < 1.29 is 9.18 Å². The minimum atomic E-state index is -0.483. The van der Waals surface area contributed by atoms with Gasteiger partial charge in [-0.3, -0.25) is 9.48 Å². The molecule has 22 heavy (non-hydrogen) atoms. The molecule has 2 rings (SSSR count). The summed E-state index contributed by atoms with van der Waals surface area (Å²) in [7, 11) is 0. The fraction of sp³-hybridized carbons (Fsp3) is 0.385. The van der Waals surface area contributed by atoms with E-state index < -0.39 is 12.0 Å². The van der Waals surface area contributed by atoms with E-state index in [9.17, 15) is 9.18 Å². The highest BCUT2D eigenvalue weighted by Crippen LogP contribution is 2.14. The number of hydrazone groups is 1. The van der Waals surface area contributed by atoms with Crippen LogP contribution in [-0.2, 0) is 11.3 Å². The van der Waals surface area contributed by atoms with Crippen LogP contribution in [0.4, 0.5) is 4.39 Å². The van der Waals surface area contributed by atoms with E-state index >= 15 is 0 Å². The van der Waals surface area contributed by atoms with Crippen molar-refractivity contribution in [1.29, 1.82) is 0 Å². The standard InChI is InChI=1S/C13H16BrFN6O/c1-3-11(21-8-10(14)7-18-21)13(22)19-16-5-9-6-17-20(4-2)12(9)15/h5-8,11H,3-4H2,1-2H3,(H,19,22). The number of aromatic nitrogens is 4. The van der Waals surface area contributed by atoms with E-state index in [0.717, 1.165) is 4.47 Å². The molecule has 0 aliphatic carbocycles. The van der Waals surface area contributed by atoms with Gasteiger partial charge in [0.1, 0.15) is 6.04 Å². The van der Waals surface area contributed by atoms with Crippen molar-refractivity contribution in [1.82, 2.24) is 25.0 Å². The molecule has 0 radical (unpaired) electrons. The monoisotopic (exact) mass is 370 g/mol. The first-order valence-electron chi connectivity index (χ1n) is 6.80. The average molecular weight is 371 g/mol. The van der Waals surface area contributed by atoms with Crippen molar-refractivity contribution in [2.24, 2.45) is 5.10 Å². The van der Waals surface area contributed by atoms with E-state index in [-0.39, 0.29) is 11.5 Å². The Kier molecular flexibility index (Phi) is 5.42. The number of carbonyl (C=O) groups is 1. The van der Waals surface area contributed by atoms with Gasteiger partial charge < -0.3 is 0 Å². The van der Waals surface area contributed by atoms with Crippen LogP contribution in [0.2, 0.25) is 0 Å². The van der Waals surface area contributed by atoms with Gasteiger partial charge in [-0.05, 0) is 29.3 Å². The fourth-order valence-electron chi connectivity index (χ4n) is 1.91. The van der Waals surface area contributed by atoms with Crippen LogP contribution in [0, 0.1) is 5.95 Å². The topological polar surface area (TPSA) is 77.1 Å². The zero-order valence-corrected chi connectivity index (χ0v) is 13.8. The minimum Gasteiger partial charge on any atom is -0.271 e. The molecule has 1 atom stereocenters. The summed E-state index contributed by atoms with van der Waals surface area (Å²) in [4.78, 5) is 12.1. The van der Waals surface area contributed by atoms with E-state index in [0.29, 0.717) is 13.0 Å². The average Bonchev–Trinajstić information content (AvgIpc) is 3.07. The summed E-state index contributed by atoms with van der Waals surface area (Å²) in [5.74, 6) is -0.804. The Morgan fingerprint density at radius 3 is 2.82 bits per heavy atom. The van der Waals surface area contributed by atoms with E-state index in [2.05, 4.69) is 36.7 Å². The zero-order valence-electron chi connectivity index (χ0n) is 12.2. The van der Waals surface area contributed by atoms with Crippen molar-refractivity contribution >= 4 is 28.1 Å². The molecule has 2 heterocycles. The summed E-state index contributed by atoms with van der Waals surface area (Å²) in [6.07, 6.45) is 6.46. The van der Waals surface area contributed by atoms with Crippen molar-refractivity contribution in [3.05, 3.63) is 34.6 Å². The molecule has 9 heteroatoms. The molecule has 0 fully saturated rings. The molecule has 1 N–H and O–H groups in total. The van der Waals surface area contributed by atoms with Gasteiger partial charge in [0.15, 0.2) is 0 Å². The molecular formula is C13H16BrFN6O.